The summed E-state index contributed by atoms with van der Waals surface area (Å²) in [4.78, 5) is 12.8. The lowest BCUT2D eigenvalue weighted by molar-refractivity contribution is 0.195. The summed E-state index contributed by atoms with van der Waals surface area (Å²) in [5.41, 5.74) is 27.9. The molecule has 416 valence electrons. The Bertz CT molecular complexity index is 4190. The summed E-state index contributed by atoms with van der Waals surface area (Å²) < 4.78 is 0. The van der Waals surface area contributed by atoms with Gasteiger partial charge in [0.2, 0.25) is 0 Å². The average Bonchev–Trinajstić information content (AvgIpc) is 1.23. The Morgan fingerprint density at radius 3 is 1.44 bits per heavy atom. The predicted molar refractivity (Wildman–Crippen MR) is 359 cm³/mol. The van der Waals surface area contributed by atoms with Crippen LogP contribution in [0.15, 0.2) is 219 Å². The van der Waals surface area contributed by atoms with E-state index < -0.39 is 0 Å². The molecule has 14 rings (SSSR count). The van der Waals surface area contributed by atoms with Crippen molar-refractivity contribution < 1.29 is 0 Å². The van der Waals surface area contributed by atoms with Crippen LogP contribution in [-0.2, 0) is 21.7 Å². The van der Waals surface area contributed by atoms with E-state index in [0.29, 0.717) is 0 Å². The van der Waals surface area contributed by atoms with Gasteiger partial charge in [0.15, 0.2) is 0 Å². The lowest BCUT2D eigenvalue weighted by atomic mass is 9.33. The van der Waals surface area contributed by atoms with E-state index in [2.05, 4.69) is 302 Å². The maximum absolute atomic E-state index is 4.60. The number of benzene rings is 9. The minimum absolute atomic E-state index is 0.0755. The van der Waals surface area contributed by atoms with Crippen molar-refractivity contribution in [3.05, 3.63) is 241 Å². The zero-order valence-electron chi connectivity index (χ0n) is 51.0. The van der Waals surface area contributed by atoms with Crippen LogP contribution in [-0.4, -0.2) is 17.2 Å². The summed E-state index contributed by atoms with van der Waals surface area (Å²) in [5.74, 6) is 0. The van der Waals surface area contributed by atoms with Gasteiger partial charge in [-0.05, 0) is 175 Å². The molecule has 9 aromatic carbocycles. The summed E-state index contributed by atoms with van der Waals surface area (Å²) in [6, 6.07) is 79.5. The van der Waals surface area contributed by atoms with Crippen molar-refractivity contribution in [2.45, 2.75) is 129 Å². The van der Waals surface area contributed by atoms with Crippen molar-refractivity contribution in [2.75, 3.05) is 14.7 Å². The predicted octanol–water partition coefficient (Wildman–Crippen LogP) is 19.5. The molecule has 1 saturated carbocycles. The summed E-state index contributed by atoms with van der Waals surface area (Å²) >= 11 is 0. The Hall–Kier alpha value is -8.41. The van der Waals surface area contributed by atoms with Crippen molar-refractivity contribution in [3.8, 4) is 44.5 Å². The molecule has 0 spiro atoms. The smallest absolute Gasteiger partial charge is 0.252 e. The molecule has 0 N–H and O–H groups in total. The molecule has 2 atom stereocenters. The molecule has 1 aromatic heterocycles. The first-order chi connectivity index (χ1) is 40.3. The zero-order valence-corrected chi connectivity index (χ0v) is 51.0. The SMILES string of the molecule is CC(C)(C)c1ccc(N2c3ccc(-c4ccccc4)cc3B3c4ccc(C(C)(C)C)cc4N(c4ccc(C(C)(C)C)cc4-c4ccccc4)c4cc(N5c6ccc(-c7cccnc7)cc6C6(C)CCCCC56C)cc2c43)c(-c2ccccc2)c1. The van der Waals surface area contributed by atoms with Crippen LogP contribution in [0.2, 0.25) is 0 Å². The number of nitrogens with zero attached hydrogens (tertiary/aromatic N) is 4. The van der Waals surface area contributed by atoms with E-state index in [-0.39, 0.29) is 33.9 Å². The standard InChI is InChI=1S/C79H77BN4/c1-75(2,3)58-34-39-67(62(46-58)53-26-17-13-18-27-53)82-70-38-32-56(52-24-15-12-16-25-52)45-66(70)80-65-36-33-60(77(7,8)9)48-71(65)83(68-40-35-59(76(4,5)6)47-63(68)54-28-19-14-20-29-54)73-50-61(49-72(82)74(73)80)84-69-37-31-55(57-30-23-43-81-51-57)44-64(69)78(10)41-21-22-42-79(78,84)11/h12-20,23-40,43-51H,21-22,41-42H2,1-11H3. The first kappa shape index (κ1) is 53.6. The Labute approximate surface area is 500 Å². The molecule has 10 aromatic rings. The molecule has 1 fully saturated rings. The number of anilines is 8. The van der Waals surface area contributed by atoms with Gasteiger partial charge in [-0.15, -0.1) is 0 Å². The highest BCUT2D eigenvalue weighted by Gasteiger charge is 2.58. The molecule has 0 amide bonds. The first-order valence-corrected chi connectivity index (χ1v) is 30.7. The highest BCUT2D eigenvalue weighted by molar-refractivity contribution is 7.00. The van der Waals surface area contributed by atoms with Crippen molar-refractivity contribution in [3.63, 3.8) is 0 Å². The second-order valence-electron chi connectivity index (χ2n) is 28.0. The van der Waals surface area contributed by atoms with E-state index in [1.807, 2.05) is 12.4 Å². The normalized spacial score (nSPS) is 18.0. The Morgan fingerprint density at radius 1 is 0.393 bits per heavy atom. The fourth-order valence-electron chi connectivity index (χ4n) is 14.9. The monoisotopic (exact) mass is 1090 g/mol. The maximum Gasteiger partial charge on any atom is 0.252 e. The first-order valence-electron chi connectivity index (χ1n) is 30.7. The second kappa shape index (κ2) is 19.6. The van der Waals surface area contributed by atoms with Crippen LogP contribution >= 0.6 is 0 Å². The minimum atomic E-state index is -0.243. The number of fused-ring (bicyclic) bond motifs is 7. The summed E-state index contributed by atoms with van der Waals surface area (Å²) in [7, 11) is 0. The molecule has 3 aliphatic heterocycles. The number of hydrogen-bond acceptors (Lipinski definition) is 4. The quantitative estimate of drug-likeness (QED) is 0.148. The van der Waals surface area contributed by atoms with Crippen LogP contribution in [0.3, 0.4) is 0 Å². The molecular formula is C79H77BN4. The van der Waals surface area contributed by atoms with Crippen LogP contribution < -0.4 is 31.1 Å². The van der Waals surface area contributed by atoms with Gasteiger partial charge in [-0.1, -0.05) is 222 Å². The van der Waals surface area contributed by atoms with E-state index in [9.17, 15) is 0 Å². The lowest BCUT2D eigenvalue weighted by Crippen LogP contribution is -2.61. The van der Waals surface area contributed by atoms with Crippen molar-refractivity contribution >= 4 is 68.6 Å². The van der Waals surface area contributed by atoms with Crippen molar-refractivity contribution in [1.82, 2.24) is 4.98 Å². The van der Waals surface area contributed by atoms with E-state index in [1.165, 1.54) is 130 Å². The number of rotatable bonds is 7. The van der Waals surface area contributed by atoms with Crippen LogP contribution in [0.5, 0.6) is 0 Å². The van der Waals surface area contributed by atoms with Gasteiger partial charge in [0.05, 0.1) is 16.9 Å². The lowest BCUT2D eigenvalue weighted by Gasteiger charge is -2.51. The molecule has 4 nitrogen and oxygen atoms in total. The van der Waals surface area contributed by atoms with Crippen LogP contribution in [0.1, 0.15) is 124 Å². The molecule has 5 heteroatoms. The molecule has 1 aliphatic carbocycles. The largest absolute Gasteiger partial charge is 0.334 e. The molecule has 4 heterocycles. The van der Waals surface area contributed by atoms with Crippen molar-refractivity contribution in [1.29, 1.82) is 0 Å². The molecule has 84 heavy (non-hydrogen) atoms. The molecule has 0 saturated heterocycles. The summed E-state index contributed by atoms with van der Waals surface area (Å²) in [5, 5.41) is 0. The molecule has 0 bridgehead atoms. The van der Waals surface area contributed by atoms with E-state index >= 15 is 0 Å². The number of pyridine rings is 1. The zero-order chi connectivity index (χ0) is 58.1. The van der Waals surface area contributed by atoms with Gasteiger partial charge in [0, 0.05) is 63.1 Å². The topological polar surface area (TPSA) is 22.6 Å². The highest BCUT2D eigenvalue weighted by Crippen LogP contribution is 2.63. The van der Waals surface area contributed by atoms with Gasteiger partial charge in [0.25, 0.3) is 6.71 Å². The molecular weight excluding hydrogens is 1020 g/mol. The fourth-order valence-corrected chi connectivity index (χ4v) is 14.9. The number of hydrogen-bond donors (Lipinski definition) is 0. The molecule has 0 radical (unpaired) electrons. The highest BCUT2D eigenvalue weighted by atomic mass is 15.3. The minimum Gasteiger partial charge on any atom is -0.334 e. The molecule has 4 aliphatic rings. The third-order valence-corrected chi connectivity index (χ3v) is 19.8. The Balaban J connectivity index is 1.14. The Kier molecular flexibility index (Phi) is 12.5. The fraction of sp³-hybridized carbons (Fsp3) is 0.253. The van der Waals surface area contributed by atoms with Gasteiger partial charge >= 0.3 is 0 Å². The van der Waals surface area contributed by atoms with Gasteiger partial charge < -0.3 is 14.7 Å². The maximum atomic E-state index is 4.60. The van der Waals surface area contributed by atoms with Gasteiger partial charge in [0.1, 0.15) is 0 Å². The van der Waals surface area contributed by atoms with E-state index in [0.717, 1.165) is 24.1 Å². The summed E-state index contributed by atoms with van der Waals surface area (Å²) in [6.07, 6.45) is 8.45. The summed E-state index contributed by atoms with van der Waals surface area (Å²) in [6.45, 7) is 26.2. The third kappa shape index (κ3) is 8.58. The van der Waals surface area contributed by atoms with E-state index in [1.54, 1.807) is 0 Å². The third-order valence-electron chi connectivity index (χ3n) is 19.8. The van der Waals surface area contributed by atoms with Crippen LogP contribution in [0.25, 0.3) is 44.5 Å². The van der Waals surface area contributed by atoms with Gasteiger partial charge in [-0.25, -0.2) is 0 Å². The van der Waals surface area contributed by atoms with Crippen LogP contribution in [0, 0.1) is 0 Å². The Morgan fingerprint density at radius 2 is 0.881 bits per heavy atom. The number of aromatic nitrogens is 1. The van der Waals surface area contributed by atoms with Gasteiger partial charge in [-0.2, -0.15) is 0 Å². The second-order valence-corrected chi connectivity index (χ2v) is 28.0. The molecule has 2 unspecified atom stereocenters. The van der Waals surface area contributed by atoms with Gasteiger partial charge in [-0.3, -0.25) is 4.98 Å². The van der Waals surface area contributed by atoms with E-state index in [4.69, 9.17) is 0 Å². The average molecular weight is 1090 g/mol. The van der Waals surface area contributed by atoms with Crippen molar-refractivity contribution in [2.24, 2.45) is 0 Å². The van der Waals surface area contributed by atoms with Crippen LogP contribution in [0.4, 0.5) is 45.5 Å².